The first-order valence-corrected chi connectivity index (χ1v) is 4.97. The number of hydrogen-bond donors (Lipinski definition) is 2. The Balaban J connectivity index is 3.15. The maximum atomic E-state index is 11.4. The highest BCUT2D eigenvalue weighted by molar-refractivity contribution is 5.34. The summed E-state index contributed by atoms with van der Waals surface area (Å²) in [7, 11) is 0. The Morgan fingerprint density at radius 2 is 1.86 bits per heavy atom. The van der Waals surface area contributed by atoms with Gasteiger partial charge in [0, 0.05) is 17.8 Å². The first-order valence-electron chi connectivity index (χ1n) is 4.97. The van der Waals surface area contributed by atoms with Gasteiger partial charge in [0.25, 0.3) is 5.56 Å². The van der Waals surface area contributed by atoms with E-state index in [4.69, 9.17) is 0 Å². The molecular weight excluding hydrogens is 176 g/mol. The van der Waals surface area contributed by atoms with Crippen LogP contribution in [0.2, 0.25) is 0 Å². The highest BCUT2D eigenvalue weighted by Crippen LogP contribution is 2.11. The van der Waals surface area contributed by atoms with Gasteiger partial charge in [-0.2, -0.15) is 0 Å². The van der Waals surface area contributed by atoms with Crippen molar-refractivity contribution >= 4 is 0 Å². The van der Waals surface area contributed by atoms with Crippen LogP contribution in [0, 0.1) is 20.8 Å². The third-order valence-corrected chi connectivity index (χ3v) is 2.66. The molecule has 0 aliphatic heterocycles. The first-order chi connectivity index (χ1) is 6.57. The van der Waals surface area contributed by atoms with Crippen LogP contribution in [0.15, 0.2) is 4.79 Å². The Labute approximate surface area is 84.6 Å². The van der Waals surface area contributed by atoms with Gasteiger partial charge < -0.3 is 10.3 Å². The zero-order chi connectivity index (χ0) is 10.7. The monoisotopic (exact) mass is 194 g/mol. The molecule has 2 N–H and O–H groups in total. The lowest BCUT2D eigenvalue weighted by Gasteiger charge is -2.11. The molecule has 3 heteroatoms. The Hall–Kier alpha value is -1.09. The predicted octanol–water partition coefficient (Wildman–Crippen LogP) is 1.41. The summed E-state index contributed by atoms with van der Waals surface area (Å²) in [4.78, 5) is 14.3. The third kappa shape index (κ3) is 2.04. The summed E-state index contributed by atoms with van der Waals surface area (Å²) >= 11 is 0. The van der Waals surface area contributed by atoms with E-state index in [9.17, 15) is 4.79 Å². The van der Waals surface area contributed by atoms with Crippen molar-refractivity contribution in [2.24, 2.45) is 0 Å². The van der Waals surface area contributed by atoms with E-state index in [0.29, 0.717) is 0 Å². The molecule has 0 unspecified atom stereocenters. The van der Waals surface area contributed by atoms with E-state index in [2.05, 4.69) is 17.2 Å². The molecule has 0 aliphatic rings. The normalized spacial score (nSPS) is 10.6. The Morgan fingerprint density at radius 3 is 2.43 bits per heavy atom. The number of aromatic nitrogens is 1. The lowest BCUT2D eigenvalue weighted by atomic mass is 10.0. The van der Waals surface area contributed by atoms with Gasteiger partial charge in [-0.25, -0.2) is 0 Å². The lowest BCUT2D eigenvalue weighted by Crippen LogP contribution is -2.20. The van der Waals surface area contributed by atoms with Gasteiger partial charge in [0.15, 0.2) is 0 Å². The summed E-state index contributed by atoms with van der Waals surface area (Å²) < 4.78 is 0. The summed E-state index contributed by atoms with van der Waals surface area (Å²) in [5.41, 5.74) is 4.14. The van der Waals surface area contributed by atoms with E-state index < -0.39 is 0 Å². The van der Waals surface area contributed by atoms with E-state index in [-0.39, 0.29) is 5.56 Å². The molecule has 0 radical (unpaired) electrons. The largest absolute Gasteiger partial charge is 0.326 e. The molecule has 78 valence electrons. The molecule has 0 spiro atoms. The second kappa shape index (κ2) is 4.42. The number of hydrogen-bond acceptors (Lipinski definition) is 2. The zero-order valence-corrected chi connectivity index (χ0v) is 9.32. The Bertz CT molecular complexity index is 380. The SMILES string of the molecule is CCNCc1c(C)[nH]c(=O)c(C)c1C. The van der Waals surface area contributed by atoms with Crippen molar-refractivity contribution in [2.75, 3.05) is 6.54 Å². The first kappa shape index (κ1) is 11.0. The van der Waals surface area contributed by atoms with Crippen LogP contribution < -0.4 is 10.9 Å². The fourth-order valence-electron chi connectivity index (χ4n) is 1.53. The van der Waals surface area contributed by atoms with Crippen molar-refractivity contribution in [3.63, 3.8) is 0 Å². The molecule has 0 atom stereocenters. The minimum atomic E-state index is 0.0280. The highest BCUT2D eigenvalue weighted by atomic mass is 16.1. The predicted molar refractivity (Wildman–Crippen MR) is 58.7 cm³/mol. The van der Waals surface area contributed by atoms with E-state index in [1.54, 1.807) is 0 Å². The van der Waals surface area contributed by atoms with E-state index in [1.165, 1.54) is 5.56 Å². The number of rotatable bonds is 3. The molecule has 1 aromatic rings. The summed E-state index contributed by atoms with van der Waals surface area (Å²) in [5.74, 6) is 0. The van der Waals surface area contributed by atoms with E-state index in [1.807, 2.05) is 20.8 Å². The Morgan fingerprint density at radius 1 is 1.21 bits per heavy atom. The standard InChI is InChI=1S/C11H18N2O/c1-5-12-6-10-7(2)8(3)11(14)13-9(10)4/h12H,5-6H2,1-4H3,(H,13,14). The van der Waals surface area contributed by atoms with Gasteiger partial charge in [-0.3, -0.25) is 4.79 Å². The van der Waals surface area contributed by atoms with E-state index in [0.717, 1.165) is 29.9 Å². The smallest absolute Gasteiger partial charge is 0.251 e. The average molecular weight is 194 g/mol. The van der Waals surface area contributed by atoms with Crippen LogP contribution >= 0.6 is 0 Å². The van der Waals surface area contributed by atoms with Crippen molar-refractivity contribution in [3.8, 4) is 0 Å². The molecule has 3 nitrogen and oxygen atoms in total. The quantitative estimate of drug-likeness (QED) is 0.764. The average Bonchev–Trinajstić information content (AvgIpc) is 2.14. The minimum absolute atomic E-state index is 0.0280. The molecule has 14 heavy (non-hydrogen) atoms. The van der Waals surface area contributed by atoms with Gasteiger partial charge in [-0.15, -0.1) is 0 Å². The maximum absolute atomic E-state index is 11.4. The van der Waals surface area contributed by atoms with Crippen molar-refractivity contribution < 1.29 is 0 Å². The third-order valence-electron chi connectivity index (χ3n) is 2.66. The molecule has 0 bridgehead atoms. The van der Waals surface area contributed by atoms with Gasteiger partial charge in [-0.1, -0.05) is 6.92 Å². The van der Waals surface area contributed by atoms with Crippen LogP contribution in [0.5, 0.6) is 0 Å². The molecule has 1 aromatic heterocycles. The minimum Gasteiger partial charge on any atom is -0.326 e. The van der Waals surface area contributed by atoms with Gasteiger partial charge in [0.2, 0.25) is 0 Å². The zero-order valence-electron chi connectivity index (χ0n) is 9.32. The van der Waals surface area contributed by atoms with Crippen LogP contribution in [-0.2, 0) is 6.54 Å². The maximum Gasteiger partial charge on any atom is 0.251 e. The van der Waals surface area contributed by atoms with Crippen molar-refractivity contribution in [2.45, 2.75) is 34.2 Å². The highest BCUT2D eigenvalue weighted by Gasteiger charge is 2.07. The van der Waals surface area contributed by atoms with E-state index >= 15 is 0 Å². The van der Waals surface area contributed by atoms with Crippen LogP contribution in [0.4, 0.5) is 0 Å². The van der Waals surface area contributed by atoms with Crippen molar-refractivity contribution in [1.82, 2.24) is 10.3 Å². The topological polar surface area (TPSA) is 44.9 Å². The molecule has 0 saturated heterocycles. The fraction of sp³-hybridized carbons (Fsp3) is 0.545. The molecule has 0 aromatic carbocycles. The van der Waals surface area contributed by atoms with Gasteiger partial charge in [-0.05, 0) is 38.4 Å². The van der Waals surface area contributed by atoms with Crippen LogP contribution in [-0.4, -0.2) is 11.5 Å². The molecule has 0 amide bonds. The second-order valence-electron chi connectivity index (χ2n) is 3.59. The second-order valence-corrected chi connectivity index (χ2v) is 3.59. The van der Waals surface area contributed by atoms with Gasteiger partial charge in [0.05, 0.1) is 0 Å². The molecule has 0 aliphatic carbocycles. The number of H-pyrrole nitrogens is 1. The number of pyridine rings is 1. The Kier molecular flexibility index (Phi) is 3.47. The molecule has 0 saturated carbocycles. The summed E-state index contributed by atoms with van der Waals surface area (Å²) in [5, 5.41) is 3.27. The number of nitrogens with one attached hydrogen (secondary N) is 2. The van der Waals surface area contributed by atoms with Gasteiger partial charge in [0.1, 0.15) is 0 Å². The van der Waals surface area contributed by atoms with Crippen LogP contribution in [0.3, 0.4) is 0 Å². The summed E-state index contributed by atoms with van der Waals surface area (Å²) in [6, 6.07) is 0. The number of aromatic amines is 1. The van der Waals surface area contributed by atoms with Crippen LogP contribution in [0.1, 0.15) is 29.3 Å². The number of aryl methyl sites for hydroxylation is 1. The van der Waals surface area contributed by atoms with Crippen molar-refractivity contribution in [1.29, 1.82) is 0 Å². The fourth-order valence-corrected chi connectivity index (χ4v) is 1.53. The van der Waals surface area contributed by atoms with Crippen molar-refractivity contribution in [3.05, 3.63) is 32.7 Å². The molecule has 1 rings (SSSR count). The summed E-state index contributed by atoms with van der Waals surface area (Å²) in [6.45, 7) is 9.65. The molecule has 1 heterocycles. The van der Waals surface area contributed by atoms with Gasteiger partial charge >= 0.3 is 0 Å². The van der Waals surface area contributed by atoms with Crippen LogP contribution in [0.25, 0.3) is 0 Å². The lowest BCUT2D eigenvalue weighted by molar-refractivity contribution is 0.713. The molecular formula is C11H18N2O. The molecule has 0 fully saturated rings. The summed E-state index contributed by atoms with van der Waals surface area (Å²) in [6.07, 6.45) is 0.